The highest BCUT2D eigenvalue weighted by atomic mass is 16.7. The Morgan fingerprint density at radius 2 is 2.20 bits per heavy atom. The first-order valence-corrected chi connectivity index (χ1v) is 4.89. The van der Waals surface area contributed by atoms with Crippen LogP contribution in [0.4, 0.5) is 0 Å². The van der Waals surface area contributed by atoms with E-state index < -0.39 is 0 Å². The zero-order valence-corrected chi connectivity index (χ0v) is 9.06. The fourth-order valence-corrected chi connectivity index (χ4v) is 1.17. The predicted molar refractivity (Wildman–Crippen MR) is 57.5 cm³/mol. The molecule has 2 N–H and O–H groups in total. The molecule has 0 spiro atoms. The van der Waals surface area contributed by atoms with Gasteiger partial charge < -0.3 is 9.84 Å². The van der Waals surface area contributed by atoms with E-state index in [1.165, 1.54) is 0 Å². The van der Waals surface area contributed by atoms with Crippen LogP contribution < -0.4 is 5.48 Å². The number of hydrogen-bond acceptors (Lipinski definition) is 4. The summed E-state index contributed by atoms with van der Waals surface area (Å²) < 4.78 is 4.84. The normalized spacial score (nSPS) is 12.7. The Bertz CT molecular complexity index is 291. The number of aromatic hydroxyl groups is 1. The van der Waals surface area contributed by atoms with E-state index in [1.54, 1.807) is 25.3 Å². The molecule has 1 unspecified atom stereocenters. The Labute approximate surface area is 89.8 Å². The summed E-state index contributed by atoms with van der Waals surface area (Å²) in [6, 6.07) is 7.11. The fraction of sp³-hybridized carbons (Fsp3) is 0.455. The van der Waals surface area contributed by atoms with Crippen molar-refractivity contribution >= 4 is 0 Å². The van der Waals surface area contributed by atoms with Crippen molar-refractivity contribution < 1.29 is 14.7 Å². The zero-order valence-electron chi connectivity index (χ0n) is 9.06. The summed E-state index contributed by atoms with van der Waals surface area (Å²) in [6.45, 7) is 3.01. The molecule has 0 aliphatic rings. The van der Waals surface area contributed by atoms with Crippen LogP contribution in [-0.2, 0) is 9.57 Å². The quantitative estimate of drug-likeness (QED) is 0.554. The van der Waals surface area contributed by atoms with E-state index >= 15 is 0 Å². The van der Waals surface area contributed by atoms with Gasteiger partial charge in [0, 0.05) is 7.11 Å². The highest BCUT2D eigenvalue weighted by Crippen LogP contribution is 2.17. The molecule has 0 radical (unpaired) electrons. The molecule has 0 amide bonds. The van der Waals surface area contributed by atoms with Gasteiger partial charge in [0.25, 0.3) is 0 Å². The minimum Gasteiger partial charge on any atom is -0.508 e. The SMILES string of the molecule is COCCONC(C)c1cccc(O)c1. The third-order valence-electron chi connectivity index (χ3n) is 2.02. The molecular weight excluding hydrogens is 194 g/mol. The Kier molecular flexibility index (Phi) is 5.10. The lowest BCUT2D eigenvalue weighted by atomic mass is 10.1. The topological polar surface area (TPSA) is 50.7 Å². The molecular formula is C11H17NO3. The van der Waals surface area contributed by atoms with E-state index in [0.717, 1.165) is 5.56 Å². The van der Waals surface area contributed by atoms with Crippen LogP contribution in [-0.4, -0.2) is 25.4 Å². The second-order valence-electron chi connectivity index (χ2n) is 3.28. The monoisotopic (exact) mass is 211 g/mol. The van der Waals surface area contributed by atoms with Crippen LogP contribution >= 0.6 is 0 Å². The van der Waals surface area contributed by atoms with Crippen molar-refractivity contribution in [1.29, 1.82) is 0 Å². The molecule has 1 aromatic rings. The average Bonchev–Trinajstić information content (AvgIpc) is 2.24. The minimum atomic E-state index is 0.0361. The summed E-state index contributed by atoms with van der Waals surface area (Å²) >= 11 is 0. The number of hydroxylamine groups is 1. The van der Waals surface area contributed by atoms with Crippen molar-refractivity contribution in [3.8, 4) is 5.75 Å². The van der Waals surface area contributed by atoms with E-state index in [2.05, 4.69) is 5.48 Å². The fourth-order valence-electron chi connectivity index (χ4n) is 1.17. The Morgan fingerprint density at radius 3 is 2.87 bits per heavy atom. The second kappa shape index (κ2) is 6.40. The van der Waals surface area contributed by atoms with Gasteiger partial charge in [0.1, 0.15) is 5.75 Å². The van der Waals surface area contributed by atoms with E-state index in [-0.39, 0.29) is 11.8 Å². The van der Waals surface area contributed by atoms with Crippen LogP contribution in [0.1, 0.15) is 18.5 Å². The number of benzene rings is 1. The van der Waals surface area contributed by atoms with Gasteiger partial charge in [-0.05, 0) is 24.6 Å². The van der Waals surface area contributed by atoms with Gasteiger partial charge in [-0.15, -0.1) is 0 Å². The van der Waals surface area contributed by atoms with Gasteiger partial charge in [-0.1, -0.05) is 12.1 Å². The number of phenols is 1. The van der Waals surface area contributed by atoms with Crippen molar-refractivity contribution in [2.75, 3.05) is 20.3 Å². The molecule has 4 heteroatoms. The molecule has 84 valence electrons. The standard InChI is InChI=1S/C11H17NO3/c1-9(12-15-7-6-14-2)10-4-3-5-11(13)8-10/h3-5,8-9,12-13H,6-7H2,1-2H3. The van der Waals surface area contributed by atoms with Gasteiger partial charge in [-0.2, -0.15) is 5.48 Å². The first kappa shape index (κ1) is 12.0. The van der Waals surface area contributed by atoms with Gasteiger partial charge >= 0.3 is 0 Å². The van der Waals surface area contributed by atoms with Crippen LogP contribution in [0.5, 0.6) is 5.75 Å². The largest absolute Gasteiger partial charge is 0.508 e. The van der Waals surface area contributed by atoms with Crippen molar-refractivity contribution in [3.63, 3.8) is 0 Å². The number of phenolic OH excluding ortho intramolecular Hbond substituents is 1. The van der Waals surface area contributed by atoms with Crippen LogP contribution in [0.3, 0.4) is 0 Å². The van der Waals surface area contributed by atoms with Gasteiger partial charge in [0.05, 0.1) is 19.3 Å². The van der Waals surface area contributed by atoms with Crippen LogP contribution in [0.2, 0.25) is 0 Å². The molecule has 4 nitrogen and oxygen atoms in total. The molecule has 0 heterocycles. The first-order chi connectivity index (χ1) is 7.24. The third kappa shape index (κ3) is 4.29. The third-order valence-corrected chi connectivity index (χ3v) is 2.02. The van der Waals surface area contributed by atoms with Crippen molar-refractivity contribution in [2.45, 2.75) is 13.0 Å². The van der Waals surface area contributed by atoms with Gasteiger partial charge in [-0.3, -0.25) is 4.84 Å². The zero-order chi connectivity index (χ0) is 11.1. The Balaban J connectivity index is 2.36. The predicted octanol–water partition coefficient (Wildman–Crippen LogP) is 1.62. The van der Waals surface area contributed by atoms with Crippen LogP contribution in [0.25, 0.3) is 0 Å². The summed E-state index contributed by atoms with van der Waals surface area (Å²) in [7, 11) is 1.63. The number of nitrogens with one attached hydrogen (secondary N) is 1. The number of hydrogen-bond donors (Lipinski definition) is 2. The molecule has 0 aliphatic carbocycles. The lowest BCUT2D eigenvalue weighted by molar-refractivity contribution is -0.00927. The van der Waals surface area contributed by atoms with Gasteiger partial charge in [0.2, 0.25) is 0 Å². The molecule has 15 heavy (non-hydrogen) atoms. The smallest absolute Gasteiger partial charge is 0.115 e. The molecule has 1 rings (SSSR count). The summed E-state index contributed by atoms with van der Waals surface area (Å²) in [6.07, 6.45) is 0. The summed E-state index contributed by atoms with van der Waals surface area (Å²) in [5.74, 6) is 0.262. The minimum absolute atomic E-state index is 0.0361. The number of ether oxygens (including phenoxy) is 1. The second-order valence-corrected chi connectivity index (χ2v) is 3.28. The maximum atomic E-state index is 9.28. The molecule has 0 fully saturated rings. The highest BCUT2D eigenvalue weighted by molar-refractivity contribution is 5.28. The summed E-state index contributed by atoms with van der Waals surface area (Å²) in [5.41, 5.74) is 3.85. The maximum Gasteiger partial charge on any atom is 0.115 e. The molecule has 0 aromatic heterocycles. The van der Waals surface area contributed by atoms with E-state index in [0.29, 0.717) is 13.2 Å². The Morgan fingerprint density at radius 1 is 1.40 bits per heavy atom. The van der Waals surface area contributed by atoms with E-state index in [4.69, 9.17) is 9.57 Å². The summed E-state index contributed by atoms with van der Waals surface area (Å²) in [4.78, 5) is 5.17. The molecule has 1 atom stereocenters. The molecule has 0 saturated heterocycles. The van der Waals surface area contributed by atoms with Crippen molar-refractivity contribution in [1.82, 2.24) is 5.48 Å². The molecule has 0 aliphatic heterocycles. The van der Waals surface area contributed by atoms with Crippen molar-refractivity contribution in [3.05, 3.63) is 29.8 Å². The van der Waals surface area contributed by atoms with E-state index in [1.807, 2.05) is 13.0 Å². The highest BCUT2D eigenvalue weighted by Gasteiger charge is 2.04. The number of rotatable bonds is 6. The maximum absolute atomic E-state index is 9.28. The van der Waals surface area contributed by atoms with Gasteiger partial charge in [-0.25, -0.2) is 0 Å². The van der Waals surface area contributed by atoms with Crippen LogP contribution in [0.15, 0.2) is 24.3 Å². The van der Waals surface area contributed by atoms with Gasteiger partial charge in [0.15, 0.2) is 0 Å². The number of methoxy groups -OCH3 is 1. The van der Waals surface area contributed by atoms with E-state index in [9.17, 15) is 5.11 Å². The first-order valence-electron chi connectivity index (χ1n) is 4.89. The lowest BCUT2D eigenvalue weighted by Crippen LogP contribution is -2.21. The molecule has 1 aromatic carbocycles. The summed E-state index contributed by atoms with van der Waals surface area (Å²) in [5, 5.41) is 9.28. The lowest BCUT2D eigenvalue weighted by Gasteiger charge is -2.14. The molecule has 0 saturated carbocycles. The van der Waals surface area contributed by atoms with Crippen molar-refractivity contribution in [2.24, 2.45) is 0 Å². The average molecular weight is 211 g/mol. The Hall–Kier alpha value is -1.10. The molecule has 0 bridgehead atoms. The van der Waals surface area contributed by atoms with Crippen LogP contribution in [0, 0.1) is 0 Å².